The number of halogens is 5. The second-order valence-corrected chi connectivity index (χ2v) is 32.0. The fourth-order valence-electron chi connectivity index (χ4n) is 10.7. The van der Waals surface area contributed by atoms with Crippen molar-refractivity contribution < 1.29 is 88.5 Å². The lowest BCUT2D eigenvalue weighted by Crippen LogP contribution is -2.33. The van der Waals surface area contributed by atoms with Crippen molar-refractivity contribution >= 4 is 154 Å². The first kappa shape index (κ1) is 118. The van der Waals surface area contributed by atoms with Crippen LogP contribution in [0, 0.1) is 0 Å². The van der Waals surface area contributed by atoms with Crippen LogP contribution in [0.1, 0.15) is 102 Å². The number of ether oxygens (including phenoxy) is 5. The van der Waals surface area contributed by atoms with Crippen LogP contribution in [-0.4, -0.2) is 173 Å². The zero-order valence-corrected chi connectivity index (χ0v) is 84.2. The van der Waals surface area contributed by atoms with Gasteiger partial charge in [-0.05, 0) is 142 Å². The van der Waals surface area contributed by atoms with Crippen molar-refractivity contribution in [2.24, 2.45) is 35.2 Å². The maximum atomic E-state index is 12.7. The van der Waals surface area contributed by atoms with E-state index in [1.807, 2.05) is 157 Å². The Labute approximate surface area is 847 Å². The number of aromatic hydroxyl groups is 3. The number of carbonyl (C=O) groups is 7. The van der Waals surface area contributed by atoms with Crippen LogP contribution in [-0.2, 0) is 82.6 Å². The van der Waals surface area contributed by atoms with Crippen molar-refractivity contribution in [3.8, 4) is 40.2 Å². The smallest absolute Gasteiger partial charge is 0.342 e. The Bertz CT molecular complexity index is 6260. The highest BCUT2D eigenvalue weighted by Gasteiger charge is 2.29. The zero-order valence-electron chi connectivity index (χ0n) is 77.5. The Hall–Kier alpha value is -13.6. The number of pyridine rings is 7. The van der Waals surface area contributed by atoms with Crippen LogP contribution in [0.4, 0.5) is 4.39 Å². The van der Waals surface area contributed by atoms with Gasteiger partial charge in [0.25, 0.3) is 50.1 Å². The van der Waals surface area contributed by atoms with E-state index >= 15 is 0 Å². The minimum absolute atomic E-state index is 0.00286. The number of rotatable bonds is 23. The van der Waals surface area contributed by atoms with Crippen LogP contribution < -0.4 is 63.2 Å². The van der Waals surface area contributed by atoms with Crippen LogP contribution in [0.3, 0.4) is 0 Å². The molecule has 12 aromatic rings. The van der Waals surface area contributed by atoms with Crippen molar-refractivity contribution in [2.45, 2.75) is 53.8 Å². The number of hydrogen-bond donors (Lipinski definition) is 8. The number of nitrogens with one attached hydrogen (secondary N) is 3. The van der Waals surface area contributed by atoms with Gasteiger partial charge < -0.3 is 92.2 Å². The van der Waals surface area contributed by atoms with Gasteiger partial charge in [0.1, 0.15) is 58.4 Å². The van der Waals surface area contributed by atoms with E-state index in [9.17, 15) is 71.5 Å². The maximum absolute atomic E-state index is 12.7. The molecule has 9 heterocycles. The summed E-state index contributed by atoms with van der Waals surface area (Å²) in [5.41, 5.74) is 1.24. The van der Waals surface area contributed by atoms with Gasteiger partial charge in [0.15, 0.2) is 40.2 Å². The normalized spacial score (nSPS) is 11.0. The van der Waals surface area contributed by atoms with E-state index in [-0.39, 0.29) is 118 Å². The van der Waals surface area contributed by atoms with Gasteiger partial charge in [-0.3, -0.25) is 62.0 Å². The van der Waals surface area contributed by atoms with Gasteiger partial charge in [-0.1, -0.05) is 243 Å². The number of aryl methyl sites for hydroxylation is 5. The largest absolute Gasteiger partial charge is 0.503 e. The average molecular weight is 2160 g/mol. The second kappa shape index (κ2) is 66.0. The lowest BCUT2D eigenvalue weighted by Gasteiger charge is -2.17. The molecule has 1 amide bonds. The molecule has 14 rings (SSSR count). The van der Waals surface area contributed by atoms with Crippen molar-refractivity contribution in [3.05, 3.63) is 378 Å². The lowest BCUT2D eigenvalue weighted by molar-refractivity contribution is -0.127. The van der Waals surface area contributed by atoms with Crippen molar-refractivity contribution in [1.29, 1.82) is 0 Å². The van der Waals surface area contributed by atoms with Crippen molar-refractivity contribution in [3.63, 3.8) is 0 Å². The number of amides is 1. The van der Waals surface area contributed by atoms with E-state index in [1.54, 1.807) is 64.3 Å². The molecule has 139 heavy (non-hydrogen) atoms. The Kier molecular flexibility index (Phi) is 55.9. The number of thioether (sulfide) groups is 2. The van der Waals surface area contributed by atoms with Gasteiger partial charge in [-0.2, -0.15) is 0 Å². The molecule has 0 radical (unpaired) electrons. The van der Waals surface area contributed by atoms with Crippen LogP contribution in [0.25, 0.3) is 0 Å². The molecule has 0 atom stereocenters. The summed E-state index contributed by atoms with van der Waals surface area (Å²) in [4.78, 5) is 168. The van der Waals surface area contributed by atoms with Crippen molar-refractivity contribution in [1.82, 2.24) is 47.9 Å². The number of H-pyrrole nitrogens is 2. The van der Waals surface area contributed by atoms with Crippen molar-refractivity contribution in [2.75, 3.05) is 56.3 Å². The van der Waals surface area contributed by atoms with E-state index < -0.39 is 68.8 Å². The molecule has 0 bridgehead atoms. The number of alkyl halides is 2. The number of aromatic nitrogens is 7. The molecular weight excluding hydrogens is 2060 g/mol. The van der Waals surface area contributed by atoms with E-state index in [0.717, 1.165) is 54.8 Å². The van der Waals surface area contributed by atoms with Gasteiger partial charge in [-0.15, -0.1) is 0 Å². The maximum Gasteiger partial charge on any atom is 0.342 e. The zero-order chi connectivity index (χ0) is 104. The van der Waals surface area contributed by atoms with Gasteiger partial charge >= 0.3 is 28.4 Å². The number of carboxylic acid groups (broad SMARTS) is 2. The molecule has 2 aliphatic rings. The molecule has 2 saturated heterocycles. The molecule has 740 valence electrons. The average Bonchev–Trinajstić information content (AvgIpc) is 1.46. The number of nitrogens with zero attached hydrogens (tertiary/aromatic N) is 7. The fraction of sp³-hybridized carbons (Fsp3) is 0.229. The second-order valence-electron chi connectivity index (χ2n) is 27.5. The first-order valence-electron chi connectivity index (χ1n) is 41.8. The Morgan fingerprint density at radius 2 is 0.748 bits per heavy atom. The third kappa shape index (κ3) is 42.5. The number of carbonyl (C=O) groups excluding carboxylic acids is 5. The molecule has 0 unspecified atom stereocenters. The highest BCUT2D eigenvalue weighted by atomic mass is 127. The molecule has 34 nitrogen and oxygen atoms in total. The number of aromatic amines is 2. The highest BCUT2D eigenvalue weighted by molar-refractivity contribution is 14.1. The number of aromatic carboxylic acids is 2. The van der Waals surface area contributed by atoms with Gasteiger partial charge in [0.2, 0.25) is 0 Å². The number of esters is 1. The predicted molar refractivity (Wildman–Crippen MR) is 552 cm³/mol. The van der Waals surface area contributed by atoms with Crippen LogP contribution in [0.5, 0.6) is 40.2 Å². The molecule has 2 fully saturated rings. The van der Waals surface area contributed by atoms with E-state index in [4.69, 9.17) is 86.6 Å². The summed E-state index contributed by atoms with van der Waals surface area (Å²) in [5.74, 6) is -2.76. The minimum atomic E-state index is -1.31. The third-order valence-corrected chi connectivity index (χ3v) is 21.5. The van der Waals surface area contributed by atoms with Crippen LogP contribution in [0.2, 0.25) is 0 Å². The summed E-state index contributed by atoms with van der Waals surface area (Å²) >= 11 is 29.7. The summed E-state index contributed by atoms with van der Waals surface area (Å²) in [6.45, 7) is 12.6. The third-order valence-electron chi connectivity index (χ3n) is 18.1. The molecule has 0 spiro atoms. The molecule has 0 saturated carbocycles. The summed E-state index contributed by atoms with van der Waals surface area (Å²) < 4.78 is 51.0. The standard InChI is InChI=1S/C21H19NO4.C17H16N2O3S2.C14H12ClNO3.C14H13NO4.C7H7NO4.C6H15N.2C5H5NO2.C3H5NS2.C2Cl2O2.CH3F.CH3I/c1-22-13-12-18(21(24)26-15-17-10-6-3-7-11-17)19(20(22)23)25-14-16-8-4-2-5-9-16;1-18-8-7-13(15(20)19-9-10-24-17(19)23)14(16(18)21)22-11-12-5-3-2-4-6-12;1-16-8-7-11(13(15)17)12(14(16)18)19-9-10-5-3-2-4-6-10;1-15-8-7-11(14(17)18)12(13(15)16)19-9-10-5-3-2-4-6-10;1-8-3-2-4(7(11)12)5(9)6(8)10;1-4-7(5-2)6-3;2*7-4-2-1-3-6-5(4)8;5-3-4-1-2-6-3;3-1(5)2(4)6;2*1-2/h2-13H,14-15H2,1H3;2-8H,9-11H2,1H3;2-8H,9H2,1H3;2-8H,9H2,1H3,(H,17,18);2-3,9H,1H3,(H,11,12);4-6H2,1-3H3;2*1-3,7H,(H,6,8);1-2H2,(H,4,5);;2*1H3/i;;;;;;;;;;1D;. The first-order valence-corrected chi connectivity index (χ1v) is 47.1. The van der Waals surface area contributed by atoms with Crippen LogP contribution >= 0.6 is 105 Å². The molecule has 5 aromatic carbocycles. The molecular formula is C96H103Cl3FIN10O24S4. The number of benzene rings is 5. The number of hydrogen-bond acceptors (Lipinski definition) is 27. The van der Waals surface area contributed by atoms with E-state index in [1.165, 1.54) is 135 Å². The lowest BCUT2D eigenvalue weighted by atomic mass is 10.2. The van der Waals surface area contributed by atoms with E-state index in [2.05, 4.69) is 86.7 Å². The monoisotopic (exact) mass is 2160 g/mol. The summed E-state index contributed by atoms with van der Waals surface area (Å²) in [5, 5.41) is 43.7. The van der Waals surface area contributed by atoms with Gasteiger partial charge in [-0.25, -0.2) is 14.4 Å². The Balaban J connectivity index is 0.000000413. The highest BCUT2D eigenvalue weighted by Crippen LogP contribution is 2.26. The predicted octanol–water partition coefficient (Wildman–Crippen LogP) is 13.8. The molecule has 8 N–H and O–H groups in total. The minimum Gasteiger partial charge on any atom is -0.503 e. The van der Waals surface area contributed by atoms with Crippen LogP contribution in [0.15, 0.2) is 283 Å². The Morgan fingerprint density at radius 3 is 1.02 bits per heavy atom. The Morgan fingerprint density at radius 1 is 0.439 bits per heavy atom. The quantitative estimate of drug-likeness (QED) is 0.00736. The summed E-state index contributed by atoms with van der Waals surface area (Å²) in [6, 6.07) is 59.8. The number of carboxylic acids is 2. The molecule has 0 aliphatic carbocycles. The molecule has 2 aliphatic heterocycles. The summed E-state index contributed by atoms with van der Waals surface area (Å²) in [6.07, 6.45) is 10.2. The topological polar surface area (TPSA) is 461 Å². The summed E-state index contributed by atoms with van der Waals surface area (Å²) in [7, 11) is 6.79. The molecule has 7 aromatic heterocycles. The fourth-order valence-corrected chi connectivity index (χ4v) is 13.0. The van der Waals surface area contributed by atoms with E-state index in [0.29, 0.717) is 10.9 Å². The number of thiocarbonyl (C=S) groups is 2. The van der Waals surface area contributed by atoms with Gasteiger partial charge in [0, 0.05) is 103 Å². The van der Waals surface area contributed by atoms with Gasteiger partial charge in [0.05, 0.1) is 19.7 Å². The molecule has 43 heteroatoms. The first-order chi connectivity index (χ1) is 66.9. The SMILES string of the molecule is CCN(CC)CC.CI.Cn1ccc(C(=O)Cl)c(OCc2ccccc2)c1=O.Cn1ccc(C(=O)N2CCSC2=S)c(OCc2ccccc2)c1=O.Cn1ccc(C(=O)O)c(O)c1=O.Cn1ccc(C(=O)O)c(OCc2ccccc2)c1=O.Cn1ccc(C(=O)OCc2ccccc2)c(OCc2ccccc2)c1=O.O=C(Cl)C(=O)Cl.O=c1[nH]cccc1O.O=c1[nH]cccc1O.S=C1NCCS1.[2H]CF.